The second-order valence-electron chi connectivity index (χ2n) is 3.35. The first-order valence-electron chi connectivity index (χ1n) is 4.72. The third kappa shape index (κ3) is 4.32. The summed E-state index contributed by atoms with van der Waals surface area (Å²) in [6, 6.07) is 10.4. The van der Waals surface area contributed by atoms with E-state index in [9.17, 15) is 0 Å². The minimum atomic E-state index is -0.397. The molecule has 1 aromatic rings. The Kier molecular flexibility index (Phi) is 5.31. The van der Waals surface area contributed by atoms with E-state index in [1.807, 2.05) is 18.0 Å². The van der Waals surface area contributed by atoms with E-state index >= 15 is 0 Å². The van der Waals surface area contributed by atoms with Crippen LogP contribution in [-0.2, 0) is 6.42 Å². The minimum Gasteiger partial charge on any atom is -0.278 e. The lowest BCUT2D eigenvalue weighted by Gasteiger charge is -2.16. The molecule has 0 aliphatic carbocycles. The molecule has 0 saturated heterocycles. The van der Waals surface area contributed by atoms with E-state index in [1.165, 1.54) is 5.56 Å². The Morgan fingerprint density at radius 1 is 1.21 bits per heavy atom. The zero-order valence-corrected chi connectivity index (χ0v) is 9.80. The summed E-state index contributed by atoms with van der Waals surface area (Å²) in [5, 5.41) is 0. The maximum Gasteiger partial charge on any atom is 0.160 e. The molecule has 0 N–H and O–H groups in total. The van der Waals surface area contributed by atoms with Crippen molar-refractivity contribution in [3.05, 3.63) is 35.9 Å². The van der Waals surface area contributed by atoms with Crippen LogP contribution in [0.5, 0.6) is 0 Å². The molecule has 0 saturated carbocycles. The molecule has 1 nitrogen and oxygen atoms in total. The van der Waals surface area contributed by atoms with Gasteiger partial charge in [0, 0.05) is 6.54 Å². The highest BCUT2D eigenvalue weighted by molar-refractivity contribution is 6.43. The number of hydrogen-bond acceptors (Lipinski definition) is 1. The maximum atomic E-state index is 5.70. The number of hydrogen-bond donors (Lipinski definition) is 0. The third-order valence-electron chi connectivity index (χ3n) is 2.15. The van der Waals surface area contributed by atoms with Gasteiger partial charge < -0.3 is 0 Å². The molecular weight excluding hydrogens is 217 g/mol. The van der Waals surface area contributed by atoms with Gasteiger partial charge in [-0.15, -0.1) is 0 Å². The minimum absolute atomic E-state index is 0.397. The normalized spacial score (nSPS) is 11.2. The van der Waals surface area contributed by atoms with Gasteiger partial charge in [0.2, 0.25) is 0 Å². The van der Waals surface area contributed by atoms with Gasteiger partial charge in [-0.25, -0.2) is 0 Å². The molecule has 3 heteroatoms. The first-order chi connectivity index (χ1) is 6.70. The first-order valence-corrected chi connectivity index (χ1v) is 5.60. The van der Waals surface area contributed by atoms with Crippen molar-refractivity contribution in [2.75, 3.05) is 13.6 Å². The van der Waals surface area contributed by atoms with Crippen LogP contribution in [0, 0.1) is 0 Å². The first kappa shape index (κ1) is 11.8. The molecule has 0 atom stereocenters. The van der Waals surface area contributed by atoms with Gasteiger partial charge in [0.1, 0.15) is 0 Å². The van der Waals surface area contributed by atoms with E-state index in [4.69, 9.17) is 23.2 Å². The van der Waals surface area contributed by atoms with Crippen molar-refractivity contribution in [3.63, 3.8) is 0 Å². The van der Waals surface area contributed by atoms with Gasteiger partial charge >= 0.3 is 0 Å². The van der Waals surface area contributed by atoms with E-state index in [0.717, 1.165) is 19.4 Å². The van der Waals surface area contributed by atoms with Gasteiger partial charge in [0.15, 0.2) is 4.96 Å². The highest BCUT2D eigenvalue weighted by Gasteiger charge is 2.05. The molecule has 0 bridgehead atoms. The molecule has 0 heterocycles. The maximum absolute atomic E-state index is 5.70. The molecule has 0 amide bonds. The monoisotopic (exact) mass is 231 g/mol. The molecule has 0 aliphatic rings. The molecule has 1 rings (SSSR count). The highest BCUT2D eigenvalue weighted by Crippen LogP contribution is 2.09. The standard InChI is InChI=1S/C11H15Cl2N/c1-14(11(12)13)9-5-8-10-6-3-2-4-7-10/h2-4,6-7,11H,5,8-9H2,1H3. The number of aryl methyl sites for hydroxylation is 1. The van der Waals surface area contributed by atoms with E-state index in [0.29, 0.717) is 0 Å². The van der Waals surface area contributed by atoms with Crippen molar-refractivity contribution in [1.82, 2.24) is 4.90 Å². The van der Waals surface area contributed by atoms with Crippen LogP contribution >= 0.6 is 23.2 Å². The van der Waals surface area contributed by atoms with Crippen molar-refractivity contribution in [2.45, 2.75) is 17.8 Å². The molecule has 0 radical (unpaired) electrons. The summed E-state index contributed by atoms with van der Waals surface area (Å²) < 4.78 is 0. The van der Waals surface area contributed by atoms with E-state index in [-0.39, 0.29) is 0 Å². The van der Waals surface area contributed by atoms with Crippen LogP contribution in [0.1, 0.15) is 12.0 Å². The van der Waals surface area contributed by atoms with Crippen LogP contribution < -0.4 is 0 Å². The van der Waals surface area contributed by atoms with Gasteiger partial charge in [0.05, 0.1) is 0 Å². The topological polar surface area (TPSA) is 3.24 Å². The Labute approximate surface area is 95.6 Å². The lowest BCUT2D eigenvalue weighted by atomic mass is 10.1. The number of halogens is 2. The molecule has 0 fully saturated rings. The summed E-state index contributed by atoms with van der Waals surface area (Å²) in [5.74, 6) is 0. The third-order valence-corrected chi connectivity index (χ3v) is 2.82. The van der Waals surface area contributed by atoms with Crippen LogP contribution in [0.3, 0.4) is 0 Å². The van der Waals surface area contributed by atoms with Crippen LogP contribution in [0.4, 0.5) is 0 Å². The van der Waals surface area contributed by atoms with Crippen LogP contribution in [0.2, 0.25) is 0 Å². The van der Waals surface area contributed by atoms with Gasteiger partial charge in [-0.1, -0.05) is 53.5 Å². The fourth-order valence-electron chi connectivity index (χ4n) is 1.27. The smallest absolute Gasteiger partial charge is 0.160 e. The second kappa shape index (κ2) is 6.28. The number of rotatable bonds is 5. The van der Waals surface area contributed by atoms with Crippen molar-refractivity contribution < 1.29 is 0 Å². The SMILES string of the molecule is CN(CCCc1ccccc1)C(Cl)Cl. The van der Waals surface area contributed by atoms with Gasteiger partial charge in [-0.2, -0.15) is 0 Å². The largest absolute Gasteiger partial charge is 0.278 e. The van der Waals surface area contributed by atoms with E-state index in [1.54, 1.807) is 0 Å². The van der Waals surface area contributed by atoms with Gasteiger partial charge in [-0.3, -0.25) is 4.90 Å². The van der Waals surface area contributed by atoms with Crippen molar-refractivity contribution in [3.8, 4) is 0 Å². The second-order valence-corrected chi connectivity index (χ2v) is 4.40. The summed E-state index contributed by atoms with van der Waals surface area (Å²) in [6.45, 7) is 0.923. The van der Waals surface area contributed by atoms with Crippen LogP contribution in [0.25, 0.3) is 0 Å². The Balaban J connectivity index is 2.22. The zero-order chi connectivity index (χ0) is 10.4. The molecule has 14 heavy (non-hydrogen) atoms. The quantitative estimate of drug-likeness (QED) is 0.556. The van der Waals surface area contributed by atoms with E-state index in [2.05, 4.69) is 24.3 Å². The average Bonchev–Trinajstić information content (AvgIpc) is 2.19. The van der Waals surface area contributed by atoms with Gasteiger partial charge in [0.25, 0.3) is 0 Å². The zero-order valence-electron chi connectivity index (χ0n) is 8.29. The summed E-state index contributed by atoms with van der Waals surface area (Å²) in [6.07, 6.45) is 2.15. The Hall–Kier alpha value is -0.240. The fourth-order valence-corrected chi connectivity index (χ4v) is 1.47. The fraction of sp³-hybridized carbons (Fsp3) is 0.455. The summed E-state index contributed by atoms with van der Waals surface area (Å²) >= 11 is 11.4. The summed E-state index contributed by atoms with van der Waals surface area (Å²) in [7, 11) is 1.93. The lowest BCUT2D eigenvalue weighted by molar-refractivity contribution is 0.358. The summed E-state index contributed by atoms with van der Waals surface area (Å²) in [5.41, 5.74) is 1.36. The predicted molar refractivity (Wildman–Crippen MR) is 62.9 cm³/mol. The molecule has 0 unspecified atom stereocenters. The molecule has 0 spiro atoms. The lowest BCUT2D eigenvalue weighted by Crippen LogP contribution is -2.24. The van der Waals surface area contributed by atoms with E-state index < -0.39 is 4.96 Å². The van der Waals surface area contributed by atoms with Crippen molar-refractivity contribution >= 4 is 23.2 Å². The Morgan fingerprint density at radius 2 is 1.86 bits per heavy atom. The Morgan fingerprint density at radius 3 is 2.43 bits per heavy atom. The van der Waals surface area contributed by atoms with Crippen LogP contribution in [-0.4, -0.2) is 23.5 Å². The molecule has 0 aliphatic heterocycles. The molecular formula is C11H15Cl2N. The predicted octanol–water partition coefficient (Wildman–Crippen LogP) is 3.31. The van der Waals surface area contributed by atoms with Crippen LogP contribution in [0.15, 0.2) is 30.3 Å². The molecule has 0 aromatic heterocycles. The number of alkyl halides is 2. The Bertz CT molecular complexity index is 249. The van der Waals surface area contributed by atoms with Crippen molar-refractivity contribution in [2.24, 2.45) is 0 Å². The van der Waals surface area contributed by atoms with Gasteiger partial charge in [-0.05, 0) is 25.5 Å². The molecule has 78 valence electrons. The highest BCUT2D eigenvalue weighted by atomic mass is 35.5. The summed E-state index contributed by atoms with van der Waals surface area (Å²) in [4.78, 5) is 1.53. The average molecular weight is 232 g/mol. The molecule has 1 aromatic carbocycles. The number of benzene rings is 1. The number of nitrogens with zero attached hydrogens (tertiary/aromatic N) is 1. The van der Waals surface area contributed by atoms with Crippen molar-refractivity contribution in [1.29, 1.82) is 0 Å².